The molecule has 1 aliphatic carbocycles. The van der Waals surface area contributed by atoms with Crippen LogP contribution in [0, 0.1) is 0 Å². The molecule has 118 valence electrons. The number of rotatable bonds is 6. The Morgan fingerprint density at radius 2 is 2.00 bits per heavy atom. The van der Waals surface area contributed by atoms with Crippen LogP contribution in [0.15, 0.2) is 0 Å². The van der Waals surface area contributed by atoms with Gasteiger partial charge in [0.15, 0.2) is 0 Å². The van der Waals surface area contributed by atoms with Crippen molar-refractivity contribution in [3.63, 3.8) is 0 Å². The van der Waals surface area contributed by atoms with Crippen molar-refractivity contribution in [1.82, 2.24) is 9.80 Å². The predicted molar refractivity (Wildman–Crippen MR) is 83.9 cm³/mol. The molecular weight excluding hydrogens is 250 g/mol. The van der Waals surface area contributed by atoms with Gasteiger partial charge in [0.25, 0.3) is 0 Å². The number of methoxy groups -OCH3 is 1. The molecule has 1 saturated carbocycles. The first kappa shape index (κ1) is 16.2. The maximum atomic E-state index is 6.17. The van der Waals surface area contributed by atoms with Gasteiger partial charge in [0.1, 0.15) is 0 Å². The molecule has 2 fully saturated rings. The lowest BCUT2D eigenvalue weighted by molar-refractivity contribution is -0.00367. The first-order chi connectivity index (χ1) is 9.65. The van der Waals surface area contributed by atoms with Crippen LogP contribution in [0.5, 0.6) is 0 Å². The average molecular weight is 283 g/mol. The monoisotopic (exact) mass is 283 g/mol. The fraction of sp³-hybridized carbons (Fsp3) is 1.00. The third-order valence-electron chi connectivity index (χ3n) is 5.78. The quantitative estimate of drug-likeness (QED) is 0.805. The Kier molecular flexibility index (Phi) is 5.84. The highest BCUT2D eigenvalue weighted by Gasteiger charge is 2.39. The number of likely N-dealkylation sites (N-methyl/N-ethyl adjacent to an activating group) is 2. The molecule has 0 aromatic rings. The van der Waals surface area contributed by atoms with E-state index in [-0.39, 0.29) is 5.54 Å². The molecule has 0 spiro atoms. The van der Waals surface area contributed by atoms with Crippen LogP contribution in [0.4, 0.5) is 0 Å². The van der Waals surface area contributed by atoms with Gasteiger partial charge in [-0.1, -0.05) is 6.92 Å². The van der Waals surface area contributed by atoms with Gasteiger partial charge in [0, 0.05) is 31.8 Å². The number of nitrogens with zero attached hydrogens (tertiary/aromatic N) is 2. The topological polar surface area (TPSA) is 41.7 Å². The molecule has 1 unspecified atom stereocenters. The van der Waals surface area contributed by atoms with Crippen LogP contribution in [0.1, 0.15) is 45.4 Å². The molecule has 1 saturated heterocycles. The number of nitrogens with two attached hydrogens (primary N) is 1. The standard InChI is InChI=1S/C16H33N3O/c1-4-19-11-5-6-14(19)12-18(2)16(13-17)9-7-15(20-3)8-10-16/h14-15H,4-13,17H2,1-3H3. The summed E-state index contributed by atoms with van der Waals surface area (Å²) in [4.78, 5) is 5.19. The van der Waals surface area contributed by atoms with Gasteiger partial charge in [-0.15, -0.1) is 0 Å². The second-order valence-corrected chi connectivity index (χ2v) is 6.67. The van der Waals surface area contributed by atoms with E-state index in [9.17, 15) is 0 Å². The van der Waals surface area contributed by atoms with E-state index >= 15 is 0 Å². The third-order valence-corrected chi connectivity index (χ3v) is 5.78. The van der Waals surface area contributed by atoms with Gasteiger partial charge in [0.2, 0.25) is 0 Å². The first-order valence-electron chi connectivity index (χ1n) is 8.33. The minimum absolute atomic E-state index is 0.205. The van der Waals surface area contributed by atoms with Crippen LogP contribution >= 0.6 is 0 Å². The molecule has 4 heteroatoms. The largest absolute Gasteiger partial charge is 0.381 e. The zero-order chi connectivity index (χ0) is 14.6. The summed E-state index contributed by atoms with van der Waals surface area (Å²) in [5.74, 6) is 0. The zero-order valence-electron chi connectivity index (χ0n) is 13.6. The molecule has 1 heterocycles. The van der Waals surface area contributed by atoms with E-state index in [4.69, 9.17) is 10.5 Å². The Morgan fingerprint density at radius 3 is 2.55 bits per heavy atom. The predicted octanol–water partition coefficient (Wildman–Crippen LogP) is 1.69. The number of ether oxygens (including phenoxy) is 1. The van der Waals surface area contributed by atoms with Crippen molar-refractivity contribution in [3.05, 3.63) is 0 Å². The highest BCUT2D eigenvalue weighted by molar-refractivity contribution is 4.97. The van der Waals surface area contributed by atoms with Crippen LogP contribution in [-0.4, -0.2) is 67.8 Å². The summed E-state index contributed by atoms with van der Waals surface area (Å²) in [6.07, 6.45) is 7.81. The van der Waals surface area contributed by atoms with Crippen molar-refractivity contribution in [1.29, 1.82) is 0 Å². The molecule has 2 N–H and O–H groups in total. The molecule has 2 rings (SSSR count). The van der Waals surface area contributed by atoms with Gasteiger partial charge in [-0.25, -0.2) is 0 Å². The van der Waals surface area contributed by atoms with Gasteiger partial charge in [-0.2, -0.15) is 0 Å². The Hall–Kier alpha value is -0.160. The molecular formula is C16H33N3O. The molecule has 0 amide bonds. The van der Waals surface area contributed by atoms with Crippen molar-refractivity contribution in [2.75, 3.05) is 40.3 Å². The van der Waals surface area contributed by atoms with E-state index in [1.807, 2.05) is 7.11 Å². The van der Waals surface area contributed by atoms with Crippen LogP contribution in [0.2, 0.25) is 0 Å². The van der Waals surface area contributed by atoms with Crippen molar-refractivity contribution in [3.8, 4) is 0 Å². The summed E-state index contributed by atoms with van der Waals surface area (Å²) in [5.41, 5.74) is 6.38. The molecule has 2 aliphatic rings. The van der Waals surface area contributed by atoms with E-state index in [1.165, 1.54) is 45.3 Å². The SMILES string of the molecule is CCN1CCCC1CN(C)C1(CN)CCC(OC)CC1. The molecule has 1 atom stereocenters. The highest BCUT2D eigenvalue weighted by atomic mass is 16.5. The lowest BCUT2D eigenvalue weighted by Gasteiger charge is -2.47. The van der Waals surface area contributed by atoms with Gasteiger partial charge >= 0.3 is 0 Å². The summed E-state index contributed by atoms with van der Waals surface area (Å²) in [6.45, 7) is 6.68. The third kappa shape index (κ3) is 3.35. The molecule has 0 bridgehead atoms. The van der Waals surface area contributed by atoms with E-state index in [2.05, 4.69) is 23.8 Å². The second kappa shape index (κ2) is 7.21. The minimum Gasteiger partial charge on any atom is -0.381 e. The maximum absolute atomic E-state index is 6.17. The van der Waals surface area contributed by atoms with Gasteiger partial charge in [-0.05, 0) is 58.7 Å². The summed E-state index contributed by atoms with van der Waals surface area (Å²) in [5, 5.41) is 0. The van der Waals surface area contributed by atoms with E-state index < -0.39 is 0 Å². The summed E-state index contributed by atoms with van der Waals surface area (Å²) in [6, 6.07) is 0.730. The first-order valence-corrected chi connectivity index (χ1v) is 8.33. The van der Waals surface area contributed by atoms with Crippen LogP contribution in [0.25, 0.3) is 0 Å². The smallest absolute Gasteiger partial charge is 0.0572 e. The second-order valence-electron chi connectivity index (χ2n) is 6.67. The van der Waals surface area contributed by atoms with E-state index in [1.54, 1.807) is 0 Å². The van der Waals surface area contributed by atoms with Crippen molar-refractivity contribution in [2.24, 2.45) is 5.73 Å². The average Bonchev–Trinajstić information content (AvgIpc) is 2.94. The lowest BCUT2D eigenvalue weighted by Crippen LogP contribution is -2.57. The molecule has 0 aromatic carbocycles. The van der Waals surface area contributed by atoms with E-state index in [0.717, 1.165) is 25.4 Å². The van der Waals surface area contributed by atoms with Crippen LogP contribution in [0.3, 0.4) is 0 Å². The molecule has 0 radical (unpaired) electrons. The fourth-order valence-electron chi connectivity index (χ4n) is 4.13. The maximum Gasteiger partial charge on any atom is 0.0572 e. The summed E-state index contributed by atoms with van der Waals surface area (Å²) in [7, 11) is 4.12. The Morgan fingerprint density at radius 1 is 1.30 bits per heavy atom. The zero-order valence-corrected chi connectivity index (χ0v) is 13.6. The van der Waals surface area contributed by atoms with Crippen molar-refractivity contribution < 1.29 is 4.74 Å². The molecule has 0 aromatic heterocycles. The lowest BCUT2D eigenvalue weighted by atomic mass is 9.79. The molecule has 20 heavy (non-hydrogen) atoms. The van der Waals surface area contributed by atoms with E-state index in [0.29, 0.717) is 6.10 Å². The Balaban J connectivity index is 1.93. The van der Waals surface area contributed by atoms with Crippen LogP contribution < -0.4 is 5.73 Å². The Labute approximate surface area is 124 Å². The number of hydrogen-bond donors (Lipinski definition) is 1. The highest BCUT2D eigenvalue weighted by Crippen LogP contribution is 2.34. The van der Waals surface area contributed by atoms with Crippen LogP contribution in [-0.2, 0) is 4.74 Å². The summed E-state index contributed by atoms with van der Waals surface area (Å²) < 4.78 is 5.51. The normalized spacial score (nSPS) is 35.9. The minimum atomic E-state index is 0.205. The van der Waals surface area contributed by atoms with Gasteiger partial charge in [0.05, 0.1) is 6.10 Å². The van der Waals surface area contributed by atoms with Gasteiger partial charge < -0.3 is 10.5 Å². The fourth-order valence-corrected chi connectivity index (χ4v) is 4.13. The Bertz CT molecular complexity index is 289. The van der Waals surface area contributed by atoms with Crippen molar-refractivity contribution >= 4 is 0 Å². The number of hydrogen-bond acceptors (Lipinski definition) is 4. The summed E-state index contributed by atoms with van der Waals surface area (Å²) >= 11 is 0. The van der Waals surface area contributed by atoms with Gasteiger partial charge in [-0.3, -0.25) is 9.80 Å². The van der Waals surface area contributed by atoms with Crippen molar-refractivity contribution in [2.45, 2.75) is 63.1 Å². The molecule has 1 aliphatic heterocycles. The number of likely N-dealkylation sites (tertiary alicyclic amines) is 1. The molecule has 4 nitrogen and oxygen atoms in total.